The minimum Gasteiger partial charge on any atom is -0.691 e. The number of hydrogen-bond donors (Lipinski definition) is 1. The van der Waals surface area contributed by atoms with E-state index in [-0.39, 0.29) is 0 Å². The number of halogens is 14. The Morgan fingerprint density at radius 1 is 0.679 bits per heavy atom. The van der Waals surface area contributed by atoms with Gasteiger partial charge in [-0.05, 0) is 0 Å². The van der Waals surface area contributed by atoms with Crippen LogP contribution in [0.15, 0.2) is 0 Å². The fraction of sp³-hybridized carbons (Fsp3) is 0.875. The maximum Gasteiger partial charge on any atom is 0.460 e. The van der Waals surface area contributed by atoms with Crippen molar-refractivity contribution in [2.45, 2.75) is 40.8 Å². The molecule has 1 atom stereocenters. The fourth-order valence-corrected chi connectivity index (χ4v) is 1.68. The van der Waals surface area contributed by atoms with Crippen LogP contribution in [0.5, 0.6) is 0 Å². The van der Waals surface area contributed by atoms with E-state index in [1.807, 2.05) is 0 Å². The number of carbonyl (C=O) groups is 1. The van der Waals surface area contributed by atoms with Crippen molar-refractivity contribution in [2.75, 3.05) is 0 Å². The molecule has 28 heavy (non-hydrogen) atoms. The minimum atomic E-state index is -8.42. The van der Waals surface area contributed by atoms with Crippen molar-refractivity contribution in [3.63, 3.8) is 0 Å². The number of alkyl halides is 14. The predicted molar refractivity (Wildman–Crippen MR) is 52.0 cm³/mol. The Kier molecular flexibility index (Phi) is 6.87. The Morgan fingerprint density at radius 3 is 1.29 bits per heavy atom. The highest BCUT2D eigenvalue weighted by molar-refractivity contribution is 7.96. The first-order chi connectivity index (χ1) is 12.0. The van der Waals surface area contributed by atoms with Crippen molar-refractivity contribution in [1.29, 1.82) is 0 Å². The smallest absolute Gasteiger partial charge is 0.460 e. The molecule has 0 spiro atoms. The Labute approximate surface area is 146 Å². The third-order valence-electron chi connectivity index (χ3n) is 2.79. The van der Waals surface area contributed by atoms with Crippen LogP contribution in [0.3, 0.4) is 0 Å². The summed E-state index contributed by atoms with van der Waals surface area (Å²) in [6.07, 6.45) is -7.70. The third kappa shape index (κ3) is 3.43. The summed E-state index contributed by atoms with van der Waals surface area (Å²) < 4.78 is 182. The lowest BCUT2D eigenvalue weighted by Crippen LogP contribution is -2.73. The first-order valence-electron chi connectivity index (χ1n) is 5.53. The average Bonchev–Trinajstić information content (AvgIpc) is 2.50. The Balaban J connectivity index is 6.64. The van der Waals surface area contributed by atoms with Gasteiger partial charge in [-0.2, -0.15) is 61.4 Å². The SMILES string of the molecule is O=C(O)C(F)(SOO[O-])C(F)(F)C(F)(F)C(F)(F)C(F)(F)C(F)(F)C(F)(F)F. The fourth-order valence-electron chi connectivity index (χ4n) is 1.25. The summed E-state index contributed by atoms with van der Waals surface area (Å²) in [5, 5.41) is 13.2. The van der Waals surface area contributed by atoms with Crippen molar-refractivity contribution in [3.05, 3.63) is 0 Å². The van der Waals surface area contributed by atoms with E-state index in [0.717, 1.165) is 0 Å². The Hall–Kier alpha value is -1.28. The van der Waals surface area contributed by atoms with E-state index < -0.39 is 58.8 Å². The summed E-state index contributed by atoms with van der Waals surface area (Å²) in [4.78, 5) is 10.3. The van der Waals surface area contributed by atoms with Gasteiger partial charge in [0.2, 0.25) is 0 Å². The first kappa shape index (κ1) is 26.7. The lowest BCUT2D eigenvalue weighted by atomic mass is 9.91. The zero-order valence-corrected chi connectivity index (χ0v) is 12.6. The molecular weight excluding hydrogens is 474 g/mol. The van der Waals surface area contributed by atoms with Crippen LogP contribution < -0.4 is 5.26 Å². The molecule has 0 fully saturated rings. The Morgan fingerprint density at radius 2 is 1.00 bits per heavy atom. The molecule has 0 amide bonds. The van der Waals surface area contributed by atoms with Crippen LogP contribution in [-0.2, 0) is 14.2 Å². The topological polar surface area (TPSA) is 78.8 Å². The molecule has 0 aliphatic rings. The van der Waals surface area contributed by atoms with E-state index in [1.165, 1.54) is 0 Å². The highest BCUT2D eigenvalue weighted by Gasteiger charge is 2.94. The number of carboxylic acids is 1. The molecule has 0 saturated carbocycles. The van der Waals surface area contributed by atoms with Crippen molar-refractivity contribution in [2.24, 2.45) is 0 Å². The van der Waals surface area contributed by atoms with E-state index in [0.29, 0.717) is 0 Å². The zero-order chi connectivity index (χ0) is 23.2. The maximum absolute atomic E-state index is 13.6. The van der Waals surface area contributed by atoms with Gasteiger partial charge in [0.25, 0.3) is 0 Å². The standard InChI is InChI=1S/C8H2F14O5S/c9-2(1(23)24,28-27-26-25)3(10,11)4(12,13)5(14,15)6(16,17)7(18,19)8(20,21)22/h25H,(H,23,24)/p-1. The van der Waals surface area contributed by atoms with Crippen molar-refractivity contribution >= 4 is 18.0 Å². The van der Waals surface area contributed by atoms with Crippen molar-refractivity contribution < 1.29 is 86.0 Å². The molecule has 0 bridgehead atoms. The number of carboxylic acid groups (broad SMARTS) is 1. The van der Waals surface area contributed by atoms with Crippen LogP contribution in [0.25, 0.3) is 0 Å². The molecule has 0 aliphatic heterocycles. The molecule has 0 rings (SSSR count). The van der Waals surface area contributed by atoms with Crippen molar-refractivity contribution in [1.82, 2.24) is 0 Å². The van der Waals surface area contributed by atoms with Gasteiger partial charge in [0.1, 0.15) is 0 Å². The van der Waals surface area contributed by atoms with Gasteiger partial charge >= 0.3 is 46.8 Å². The van der Waals surface area contributed by atoms with E-state index in [1.54, 1.807) is 0 Å². The molecule has 1 N–H and O–H groups in total. The van der Waals surface area contributed by atoms with Gasteiger partial charge in [-0.15, -0.1) is 0 Å². The summed E-state index contributed by atoms with van der Waals surface area (Å²) >= 11 is -2.31. The number of hydrogen-bond acceptors (Lipinski definition) is 5. The quantitative estimate of drug-likeness (QED) is 0.239. The van der Waals surface area contributed by atoms with Gasteiger partial charge < -0.3 is 10.4 Å². The van der Waals surface area contributed by atoms with Crippen LogP contribution in [-0.4, -0.2) is 51.9 Å². The molecule has 0 radical (unpaired) electrons. The second-order valence-corrected chi connectivity index (χ2v) is 5.35. The second kappa shape index (κ2) is 7.20. The summed E-state index contributed by atoms with van der Waals surface area (Å²) in [6.45, 7) is 0. The molecule has 168 valence electrons. The molecule has 0 aromatic rings. The summed E-state index contributed by atoms with van der Waals surface area (Å²) in [5.74, 6) is -44.7. The van der Waals surface area contributed by atoms with Crippen LogP contribution in [0.4, 0.5) is 61.5 Å². The van der Waals surface area contributed by atoms with Gasteiger partial charge in [-0.3, -0.25) is 5.04 Å². The third-order valence-corrected chi connectivity index (χ3v) is 3.57. The minimum absolute atomic E-state index is 2.07. The lowest BCUT2D eigenvalue weighted by Gasteiger charge is -2.41. The summed E-state index contributed by atoms with van der Waals surface area (Å²) in [6, 6.07) is 0. The molecule has 0 heterocycles. The molecule has 5 nitrogen and oxygen atoms in total. The van der Waals surface area contributed by atoms with E-state index in [2.05, 4.69) is 9.37 Å². The maximum atomic E-state index is 13.6. The normalized spacial score (nSPS) is 17.4. The lowest BCUT2D eigenvalue weighted by molar-refractivity contribution is -0.777. The van der Waals surface area contributed by atoms with Gasteiger partial charge in [-0.1, -0.05) is 0 Å². The van der Waals surface area contributed by atoms with Crippen LogP contribution >= 0.6 is 12.0 Å². The predicted octanol–water partition coefficient (Wildman–Crippen LogP) is 3.35. The van der Waals surface area contributed by atoms with Crippen molar-refractivity contribution in [3.8, 4) is 0 Å². The Bertz CT molecular complexity index is 591. The van der Waals surface area contributed by atoms with Gasteiger partial charge in [0.15, 0.2) is 0 Å². The molecule has 0 aliphatic carbocycles. The average molecular weight is 475 g/mol. The summed E-state index contributed by atoms with van der Waals surface area (Å²) in [5.41, 5.74) is 0. The van der Waals surface area contributed by atoms with E-state index >= 15 is 0 Å². The van der Waals surface area contributed by atoms with Crippen LogP contribution in [0.1, 0.15) is 0 Å². The van der Waals surface area contributed by atoms with Crippen LogP contribution in [0.2, 0.25) is 0 Å². The van der Waals surface area contributed by atoms with E-state index in [4.69, 9.17) is 5.11 Å². The molecule has 0 saturated heterocycles. The largest absolute Gasteiger partial charge is 0.691 e. The monoisotopic (exact) mass is 475 g/mol. The molecular formula is C8HF14O5S-. The van der Waals surface area contributed by atoms with E-state index in [9.17, 15) is 71.5 Å². The molecule has 0 aromatic heterocycles. The highest BCUT2D eigenvalue weighted by Crippen LogP contribution is 2.63. The molecule has 20 heteroatoms. The number of aliphatic carboxylic acids is 1. The highest BCUT2D eigenvalue weighted by atomic mass is 32.2. The number of rotatable bonds is 9. The van der Waals surface area contributed by atoms with Crippen LogP contribution in [0, 0.1) is 0 Å². The first-order valence-corrected chi connectivity index (χ1v) is 6.27. The zero-order valence-electron chi connectivity index (χ0n) is 11.8. The van der Waals surface area contributed by atoms with Gasteiger partial charge in [0, 0.05) is 0 Å². The van der Waals surface area contributed by atoms with Gasteiger partial charge in [-0.25, -0.2) is 9.18 Å². The molecule has 0 aromatic carbocycles. The second-order valence-electron chi connectivity index (χ2n) is 4.49. The molecule has 1 unspecified atom stereocenters. The summed E-state index contributed by atoms with van der Waals surface area (Å²) in [7, 11) is 0. The van der Waals surface area contributed by atoms with Gasteiger partial charge in [0.05, 0.1) is 12.0 Å².